The highest BCUT2D eigenvalue weighted by Gasteiger charge is 2.46. The maximum absolute atomic E-state index is 12.5. The first-order valence-corrected chi connectivity index (χ1v) is 9.09. The number of hydrogen-bond donors (Lipinski definition) is 2. The number of esters is 1. The van der Waals surface area contributed by atoms with E-state index in [0.29, 0.717) is 23.9 Å². The van der Waals surface area contributed by atoms with E-state index >= 15 is 0 Å². The third-order valence-electron chi connectivity index (χ3n) is 4.90. The summed E-state index contributed by atoms with van der Waals surface area (Å²) in [6.07, 6.45) is -3.26. The predicted octanol–water partition coefficient (Wildman–Crippen LogP) is 1.97. The zero-order chi connectivity index (χ0) is 19.5. The number of nitrogens with zero attached hydrogens (tertiary/aromatic N) is 2. The quantitative estimate of drug-likeness (QED) is 0.503. The van der Waals surface area contributed by atoms with Crippen molar-refractivity contribution in [2.24, 2.45) is 11.7 Å². The van der Waals surface area contributed by atoms with E-state index < -0.39 is 24.2 Å². The van der Waals surface area contributed by atoms with Crippen molar-refractivity contribution in [1.29, 1.82) is 0 Å². The third-order valence-corrected chi connectivity index (χ3v) is 5.36. The maximum atomic E-state index is 12.5. The normalized spacial score (nSPS) is 26.8. The van der Waals surface area contributed by atoms with Gasteiger partial charge < -0.3 is 25.4 Å². The lowest BCUT2D eigenvalue weighted by Gasteiger charge is -2.30. The van der Waals surface area contributed by atoms with Crippen LogP contribution in [0.3, 0.4) is 0 Å². The smallest absolute Gasteiger partial charge is 0.455 e. The number of alkyl halides is 3. The summed E-state index contributed by atoms with van der Waals surface area (Å²) in [6, 6.07) is -0.385. The van der Waals surface area contributed by atoms with Crippen LogP contribution in [0, 0.1) is 5.92 Å². The molecule has 0 aromatic carbocycles. The summed E-state index contributed by atoms with van der Waals surface area (Å²) >= 11 is 6.32. The van der Waals surface area contributed by atoms with Gasteiger partial charge in [-0.05, 0) is 19.3 Å². The number of nitrogens with two attached hydrogens (primary N) is 1. The third kappa shape index (κ3) is 4.75. The molecule has 3 atom stereocenters. The Morgan fingerprint density at radius 2 is 2.08 bits per heavy atom. The number of aliphatic hydroxyl groups is 1. The van der Waals surface area contributed by atoms with Crippen LogP contribution >= 0.6 is 11.6 Å². The molecule has 1 aliphatic heterocycles. The van der Waals surface area contributed by atoms with Crippen LogP contribution in [-0.4, -0.2) is 65.6 Å². The second-order valence-corrected chi connectivity index (χ2v) is 7.08. The van der Waals surface area contributed by atoms with E-state index in [9.17, 15) is 23.1 Å². The fourth-order valence-corrected chi connectivity index (χ4v) is 3.75. The first-order chi connectivity index (χ1) is 12.2. The Kier molecular flexibility index (Phi) is 7.04. The number of halogens is 4. The minimum atomic E-state index is -5.03. The number of carbonyl (C=O) groups is 1. The molecule has 150 valence electrons. The molecular formula is C16H25ClF3N3O3. The monoisotopic (exact) mass is 399 g/mol. The molecule has 1 aliphatic carbocycles. The van der Waals surface area contributed by atoms with Crippen molar-refractivity contribution >= 4 is 17.6 Å². The molecule has 3 unspecified atom stereocenters. The summed E-state index contributed by atoms with van der Waals surface area (Å²) in [7, 11) is 0. The lowest BCUT2D eigenvalue weighted by atomic mass is 10.0. The van der Waals surface area contributed by atoms with Crippen LogP contribution in [0.15, 0.2) is 10.9 Å². The van der Waals surface area contributed by atoms with Gasteiger partial charge in [0, 0.05) is 25.0 Å². The highest BCUT2D eigenvalue weighted by molar-refractivity contribution is 6.29. The van der Waals surface area contributed by atoms with Gasteiger partial charge in [-0.25, -0.2) is 4.79 Å². The molecule has 0 amide bonds. The van der Waals surface area contributed by atoms with Gasteiger partial charge >= 0.3 is 12.1 Å². The molecule has 1 heterocycles. The summed E-state index contributed by atoms with van der Waals surface area (Å²) in [5.74, 6) is -2.65. The topological polar surface area (TPSA) is 79.0 Å². The highest BCUT2D eigenvalue weighted by Crippen LogP contribution is 2.34. The molecule has 0 aromatic rings. The van der Waals surface area contributed by atoms with E-state index in [2.05, 4.69) is 11.7 Å². The zero-order valence-corrected chi connectivity index (χ0v) is 15.4. The average Bonchev–Trinajstić information content (AvgIpc) is 3.06. The van der Waals surface area contributed by atoms with Crippen molar-refractivity contribution in [2.75, 3.05) is 26.4 Å². The SMILES string of the molecule is CCCCN1CN(CC2C(N)CCC2OC(=O)C(F)(F)F)C(CO)=C1Cl. The van der Waals surface area contributed by atoms with Crippen molar-refractivity contribution in [3.63, 3.8) is 0 Å². The van der Waals surface area contributed by atoms with Crippen LogP contribution in [0.1, 0.15) is 32.6 Å². The number of carbonyl (C=O) groups excluding carboxylic acids is 1. The molecule has 1 saturated carbocycles. The second kappa shape index (κ2) is 8.67. The van der Waals surface area contributed by atoms with Crippen LogP contribution in [0.5, 0.6) is 0 Å². The van der Waals surface area contributed by atoms with Gasteiger partial charge in [0.2, 0.25) is 0 Å². The molecule has 10 heteroatoms. The maximum Gasteiger partial charge on any atom is 0.490 e. The molecule has 0 aromatic heterocycles. The van der Waals surface area contributed by atoms with Crippen LogP contribution in [0.2, 0.25) is 0 Å². The van der Waals surface area contributed by atoms with Crippen LogP contribution < -0.4 is 5.73 Å². The van der Waals surface area contributed by atoms with Gasteiger partial charge in [-0.15, -0.1) is 0 Å². The highest BCUT2D eigenvalue weighted by atomic mass is 35.5. The summed E-state index contributed by atoms with van der Waals surface area (Å²) in [4.78, 5) is 14.9. The van der Waals surface area contributed by atoms with Gasteiger partial charge in [0.1, 0.15) is 11.3 Å². The van der Waals surface area contributed by atoms with Gasteiger partial charge in [0.25, 0.3) is 0 Å². The standard InChI is InChI=1S/C16H25ClF3N3O3/c1-2-3-6-22-9-23(12(8-24)14(22)17)7-10-11(21)4-5-13(10)26-15(25)16(18,19)20/h10-11,13,24H,2-9,21H2,1H3. The number of ether oxygens (including phenoxy) is 1. The first-order valence-electron chi connectivity index (χ1n) is 8.71. The predicted molar refractivity (Wildman–Crippen MR) is 89.8 cm³/mol. The van der Waals surface area contributed by atoms with E-state index in [-0.39, 0.29) is 25.6 Å². The lowest BCUT2D eigenvalue weighted by molar-refractivity contribution is -0.206. The Hall–Kier alpha value is -1.19. The molecule has 2 aliphatic rings. The molecular weight excluding hydrogens is 375 g/mol. The van der Waals surface area contributed by atoms with Gasteiger partial charge in [0.05, 0.1) is 19.0 Å². The molecule has 2 rings (SSSR count). The molecule has 0 bridgehead atoms. The minimum Gasteiger partial charge on any atom is -0.455 e. The Balaban J connectivity index is 2.06. The Morgan fingerprint density at radius 1 is 1.38 bits per heavy atom. The van der Waals surface area contributed by atoms with Crippen molar-refractivity contribution in [3.8, 4) is 0 Å². The largest absolute Gasteiger partial charge is 0.490 e. The zero-order valence-electron chi connectivity index (χ0n) is 14.6. The number of rotatable bonds is 7. The van der Waals surface area contributed by atoms with Gasteiger partial charge in [0.15, 0.2) is 0 Å². The van der Waals surface area contributed by atoms with E-state index in [0.717, 1.165) is 19.4 Å². The van der Waals surface area contributed by atoms with Crippen molar-refractivity contribution in [3.05, 3.63) is 10.9 Å². The molecule has 0 spiro atoms. The fourth-order valence-electron chi connectivity index (χ4n) is 3.44. The summed E-state index contributed by atoms with van der Waals surface area (Å²) in [5, 5.41) is 10.1. The van der Waals surface area contributed by atoms with Gasteiger partial charge in [-0.3, -0.25) is 0 Å². The fraction of sp³-hybridized carbons (Fsp3) is 0.812. The summed E-state index contributed by atoms with van der Waals surface area (Å²) in [6.45, 7) is 3.19. The second-order valence-electron chi connectivity index (χ2n) is 6.72. The van der Waals surface area contributed by atoms with Crippen LogP contribution in [-0.2, 0) is 9.53 Å². The number of aliphatic hydroxyl groups excluding tert-OH is 1. The van der Waals surface area contributed by atoms with Crippen LogP contribution in [0.25, 0.3) is 0 Å². The lowest BCUT2D eigenvalue weighted by Crippen LogP contribution is -2.43. The molecule has 0 radical (unpaired) electrons. The molecule has 3 N–H and O–H groups in total. The molecule has 6 nitrogen and oxygen atoms in total. The van der Waals surface area contributed by atoms with E-state index in [1.54, 1.807) is 0 Å². The molecule has 0 saturated heterocycles. The number of hydrogen-bond acceptors (Lipinski definition) is 6. The average molecular weight is 400 g/mol. The first kappa shape index (κ1) is 21.1. The molecule has 1 fully saturated rings. The minimum absolute atomic E-state index is 0.270. The number of unbranched alkanes of at least 4 members (excludes halogenated alkanes) is 1. The van der Waals surface area contributed by atoms with E-state index in [1.165, 1.54) is 0 Å². The van der Waals surface area contributed by atoms with Crippen molar-refractivity contribution in [2.45, 2.75) is 50.9 Å². The van der Waals surface area contributed by atoms with Crippen LogP contribution in [0.4, 0.5) is 13.2 Å². The van der Waals surface area contributed by atoms with E-state index in [1.807, 2.05) is 9.80 Å². The summed E-state index contributed by atoms with van der Waals surface area (Å²) < 4.78 is 42.1. The molecule has 26 heavy (non-hydrogen) atoms. The Labute approximate surface area is 155 Å². The van der Waals surface area contributed by atoms with E-state index in [4.69, 9.17) is 17.3 Å². The van der Waals surface area contributed by atoms with Gasteiger partial charge in [-0.1, -0.05) is 24.9 Å². The van der Waals surface area contributed by atoms with Crippen molar-refractivity contribution < 1.29 is 27.8 Å². The Bertz CT molecular complexity index is 545. The van der Waals surface area contributed by atoms with Crippen molar-refractivity contribution in [1.82, 2.24) is 9.80 Å². The Morgan fingerprint density at radius 3 is 2.65 bits per heavy atom. The van der Waals surface area contributed by atoms with Gasteiger partial charge in [-0.2, -0.15) is 13.2 Å². The summed E-state index contributed by atoms with van der Waals surface area (Å²) in [5.41, 5.74) is 6.56.